The third-order valence-electron chi connectivity index (χ3n) is 14.3. The Morgan fingerprint density at radius 2 is 1.17 bits per heavy atom. The summed E-state index contributed by atoms with van der Waals surface area (Å²) in [5.74, 6) is -1.89. The number of aldehydes is 2. The quantitative estimate of drug-likeness (QED) is 0.00499. The van der Waals surface area contributed by atoms with Crippen molar-refractivity contribution in [2.45, 2.75) is 212 Å². The number of unbranched alkanes of at least 4 members (excludes halogenated alkanes) is 4. The molecule has 23 nitrogen and oxygen atoms in total. The lowest BCUT2D eigenvalue weighted by molar-refractivity contribution is -0.150. The molecule has 0 spiro atoms. The SMILES string of the molecule is CC(C)(C)OC(=O)NCCCC[C@H](NC(=O)[C@@H](N)Cc1ccc(OC(C)(C)C)cc1)C(=O)N(N[C@@](C=O)(CCCCCCN=C(NC(=O)OC(C)(C)C)NC(=O)OC(C)(C)C)Cc1ccc(-c2ccc(C[C@H](N)C=O)cc2)cc1)[C@@H](Cc1c[nH]c2ccccc12)C(N)=O. The molecule has 0 fully saturated rings. The molecular formula is C70H99N11O12. The van der Waals surface area contributed by atoms with Crippen molar-refractivity contribution >= 4 is 65.4 Å². The average Bonchev–Trinajstić information content (AvgIpc) is 1.68. The Morgan fingerprint density at radius 3 is 1.73 bits per heavy atom. The van der Waals surface area contributed by atoms with Crippen LogP contribution in [-0.4, -0.2) is 130 Å². The number of rotatable bonds is 31. The van der Waals surface area contributed by atoms with Gasteiger partial charge in [0, 0.05) is 36.6 Å². The monoisotopic (exact) mass is 1290 g/mol. The van der Waals surface area contributed by atoms with Crippen LogP contribution in [0.2, 0.25) is 0 Å². The van der Waals surface area contributed by atoms with E-state index in [1.807, 2.05) is 106 Å². The minimum Gasteiger partial charge on any atom is -0.488 e. The van der Waals surface area contributed by atoms with Gasteiger partial charge >= 0.3 is 18.3 Å². The number of primary amides is 1. The fourth-order valence-corrected chi connectivity index (χ4v) is 10.1. The maximum absolute atomic E-state index is 16.0. The van der Waals surface area contributed by atoms with Gasteiger partial charge in [0.25, 0.3) is 5.91 Å². The van der Waals surface area contributed by atoms with Crippen LogP contribution in [0.5, 0.6) is 5.75 Å². The number of nitrogens with two attached hydrogens (primary N) is 3. The fraction of sp³-hybridized carbons (Fsp3) is 0.500. The predicted octanol–water partition coefficient (Wildman–Crippen LogP) is 9.10. The van der Waals surface area contributed by atoms with E-state index in [4.69, 9.17) is 36.1 Å². The molecule has 0 bridgehead atoms. The van der Waals surface area contributed by atoms with Gasteiger partial charge in [0.2, 0.25) is 17.8 Å². The molecule has 0 aliphatic rings. The molecule has 5 rings (SSSR count). The number of ether oxygens (including phenoxy) is 4. The van der Waals surface area contributed by atoms with Crippen molar-refractivity contribution in [1.29, 1.82) is 0 Å². The maximum Gasteiger partial charge on any atom is 0.414 e. The molecular weight excluding hydrogens is 1190 g/mol. The van der Waals surface area contributed by atoms with Gasteiger partial charge in [-0.05, 0) is 186 Å². The second-order valence-corrected chi connectivity index (χ2v) is 27.5. The fourth-order valence-electron chi connectivity index (χ4n) is 10.1. The second kappa shape index (κ2) is 34.3. The highest BCUT2D eigenvalue weighted by Crippen LogP contribution is 2.28. The maximum atomic E-state index is 16.0. The molecule has 506 valence electrons. The first kappa shape index (κ1) is 75.1. The molecule has 1 heterocycles. The van der Waals surface area contributed by atoms with Gasteiger partial charge in [-0.2, -0.15) is 0 Å². The third kappa shape index (κ3) is 26.8. The molecule has 0 unspecified atom stereocenters. The first-order valence-corrected chi connectivity index (χ1v) is 31.8. The number of H-pyrrole nitrogens is 1. The third-order valence-corrected chi connectivity index (χ3v) is 14.3. The Labute approximate surface area is 547 Å². The van der Waals surface area contributed by atoms with E-state index < -0.39 is 88.1 Å². The van der Waals surface area contributed by atoms with Crippen LogP contribution >= 0.6 is 0 Å². The van der Waals surface area contributed by atoms with E-state index in [0.29, 0.717) is 61.7 Å². The number of hydrogen-bond donors (Lipinski definition) is 9. The van der Waals surface area contributed by atoms with E-state index in [9.17, 15) is 33.6 Å². The number of fused-ring (bicyclic) bond motifs is 1. The van der Waals surface area contributed by atoms with Crippen LogP contribution in [0.3, 0.4) is 0 Å². The molecule has 0 aliphatic carbocycles. The van der Waals surface area contributed by atoms with E-state index in [1.165, 1.54) is 0 Å². The summed E-state index contributed by atoms with van der Waals surface area (Å²) < 4.78 is 22.3. The lowest BCUT2D eigenvalue weighted by atomic mass is 9.86. The lowest BCUT2D eigenvalue weighted by Crippen LogP contribution is -2.67. The molecule has 23 heteroatoms. The van der Waals surface area contributed by atoms with Gasteiger partial charge < -0.3 is 61.4 Å². The summed E-state index contributed by atoms with van der Waals surface area (Å²) in [5.41, 5.74) is 23.3. The zero-order valence-electron chi connectivity index (χ0n) is 56.2. The molecule has 5 atom stereocenters. The second-order valence-electron chi connectivity index (χ2n) is 27.5. The van der Waals surface area contributed by atoms with Crippen molar-refractivity contribution in [2.24, 2.45) is 22.2 Å². The summed E-state index contributed by atoms with van der Waals surface area (Å²) in [6, 6.07) is 25.3. The van der Waals surface area contributed by atoms with Crippen LogP contribution in [-0.2, 0) is 63.9 Å². The van der Waals surface area contributed by atoms with Crippen LogP contribution < -0.4 is 48.6 Å². The zero-order valence-corrected chi connectivity index (χ0v) is 56.2. The van der Waals surface area contributed by atoms with Gasteiger partial charge in [0.1, 0.15) is 52.8 Å². The van der Waals surface area contributed by atoms with Gasteiger partial charge in [-0.15, -0.1) is 0 Å². The van der Waals surface area contributed by atoms with Crippen LogP contribution in [0.4, 0.5) is 14.4 Å². The molecule has 93 heavy (non-hydrogen) atoms. The van der Waals surface area contributed by atoms with Crippen molar-refractivity contribution in [2.75, 3.05) is 13.1 Å². The topological polar surface area (TPSA) is 343 Å². The van der Waals surface area contributed by atoms with Crippen molar-refractivity contribution in [3.63, 3.8) is 0 Å². The first-order valence-electron chi connectivity index (χ1n) is 31.8. The number of carbonyl (C=O) groups excluding carboxylic acids is 8. The number of para-hydroxylation sites is 1. The van der Waals surface area contributed by atoms with E-state index in [0.717, 1.165) is 44.5 Å². The Morgan fingerprint density at radius 1 is 0.624 bits per heavy atom. The average molecular weight is 1290 g/mol. The standard InChI is InChI=1S/C70H99N11O12/c1-66(2,3)90-53-34-28-47(29-35-53)40-55(72)60(85)77-57(23-17-20-38-75-63(87)91-67(4,5)6)61(86)81(58(59(73)84)41-51-43-76-56-22-16-15-21-54(51)56)80-70(45-83,42-48-26-32-50(33-27-48)49-30-24-46(25-31-49)39-52(71)44-82)36-18-13-14-19-37-74-62(78-64(88)92-68(7,8)9)79-65(89)93-69(10,11)12/h15-16,21-22,24-35,43-45,52,55,57-58,76,80H,13-14,17-20,23,36-42,71-72H2,1-12H3,(H2,73,84)(H,75,87)(H,77,85)(H2,74,78,79,88,89)/t52-,55-,57-,58-,70-/m0/s1. The largest absolute Gasteiger partial charge is 0.488 e. The number of nitrogens with one attached hydrogen (secondary N) is 6. The number of carbonyl (C=O) groups is 8. The number of aromatic nitrogens is 1. The molecule has 0 radical (unpaired) electrons. The van der Waals surface area contributed by atoms with Crippen LogP contribution in [0.1, 0.15) is 157 Å². The number of alkyl carbamates (subject to hydrolysis) is 3. The zero-order chi connectivity index (χ0) is 68.7. The van der Waals surface area contributed by atoms with Crippen LogP contribution in [0.15, 0.2) is 108 Å². The Balaban J connectivity index is 1.55. The molecule has 0 saturated carbocycles. The summed E-state index contributed by atoms with van der Waals surface area (Å²) in [4.78, 5) is 116. The number of guanidine groups is 1. The Bertz CT molecular complexity index is 3270. The smallest absolute Gasteiger partial charge is 0.414 e. The van der Waals surface area contributed by atoms with Gasteiger partial charge in [-0.3, -0.25) is 35.0 Å². The number of hydrogen-bond acceptors (Lipinski definition) is 16. The molecule has 6 amide bonds. The first-order chi connectivity index (χ1) is 43.6. The summed E-state index contributed by atoms with van der Waals surface area (Å²) in [7, 11) is 0. The summed E-state index contributed by atoms with van der Waals surface area (Å²) >= 11 is 0. The summed E-state index contributed by atoms with van der Waals surface area (Å²) in [6.45, 7) is 21.6. The number of amides is 6. The van der Waals surface area contributed by atoms with Gasteiger partial charge in [-0.25, -0.2) is 19.8 Å². The van der Waals surface area contributed by atoms with E-state index in [-0.39, 0.29) is 57.6 Å². The molecule has 0 aliphatic heterocycles. The molecule has 5 aromatic rings. The highest BCUT2D eigenvalue weighted by atomic mass is 16.6. The predicted molar refractivity (Wildman–Crippen MR) is 360 cm³/mol. The van der Waals surface area contributed by atoms with Gasteiger partial charge in [0.05, 0.1) is 17.6 Å². The van der Waals surface area contributed by atoms with E-state index >= 15 is 4.79 Å². The number of hydrazine groups is 1. The molecule has 0 saturated heterocycles. The minimum absolute atomic E-state index is 0.000210. The molecule has 1 aromatic heterocycles. The van der Waals surface area contributed by atoms with Crippen LogP contribution in [0.25, 0.3) is 22.0 Å². The van der Waals surface area contributed by atoms with Gasteiger partial charge in [0.15, 0.2) is 0 Å². The van der Waals surface area contributed by atoms with Crippen molar-refractivity contribution in [3.05, 3.63) is 126 Å². The highest BCUT2D eigenvalue weighted by Gasteiger charge is 2.41. The number of nitrogens with zero attached hydrogens (tertiary/aromatic N) is 2. The number of benzene rings is 4. The normalized spacial score (nSPS) is 13.8. The van der Waals surface area contributed by atoms with Crippen molar-refractivity contribution in [1.82, 2.24) is 36.7 Å². The lowest BCUT2D eigenvalue weighted by Gasteiger charge is -2.41. The summed E-state index contributed by atoms with van der Waals surface area (Å²) in [6.07, 6.45) is 3.89. The van der Waals surface area contributed by atoms with Gasteiger partial charge in [-0.1, -0.05) is 98.1 Å². The van der Waals surface area contributed by atoms with E-state index in [1.54, 1.807) is 80.6 Å². The highest BCUT2D eigenvalue weighted by molar-refractivity contribution is 6.01. The van der Waals surface area contributed by atoms with Crippen LogP contribution in [0, 0.1) is 0 Å². The Kier molecular flexibility index (Phi) is 27.7. The van der Waals surface area contributed by atoms with E-state index in [2.05, 4.69) is 36.7 Å². The Hall–Kier alpha value is -8.67. The number of aromatic amines is 1. The van der Waals surface area contributed by atoms with Crippen molar-refractivity contribution in [3.8, 4) is 16.9 Å². The number of aliphatic imine (C=N–C) groups is 1. The molecule has 12 N–H and O–H groups in total. The summed E-state index contributed by atoms with van der Waals surface area (Å²) in [5, 5.41) is 12.5. The molecule has 4 aromatic carbocycles. The minimum atomic E-state index is -1.63. The van der Waals surface area contributed by atoms with Crippen molar-refractivity contribution < 1.29 is 57.3 Å².